The van der Waals surface area contributed by atoms with E-state index >= 15 is 0 Å². The SMILES string of the molecule is CN(C)C(=O)N1CCC(Nc2ccc(Br)cc2)CC1. The van der Waals surface area contributed by atoms with Gasteiger partial charge in [-0.05, 0) is 37.1 Å². The van der Waals surface area contributed by atoms with E-state index in [9.17, 15) is 4.79 Å². The number of hydrogen-bond donors (Lipinski definition) is 1. The zero-order valence-corrected chi connectivity index (χ0v) is 13.0. The number of carbonyl (C=O) groups excluding carboxylic acids is 1. The standard InChI is InChI=1S/C14H20BrN3O/c1-17(2)14(19)18-9-7-13(8-10-18)16-12-5-3-11(15)4-6-12/h3-6,13,16H,7-10H2,1-2H3. The molecule has 1 aromatic rings. The van der Waals surface area contributed by atoms with Crippen LogP contribution in [0.3, 0.4) is 0 Å². The molecule has 0 spiro atoms. The van der Waals surface area contributed by atoms with Crippen molar-refractivity contribution >= 4 is 27.6 Å². The maximum Gasteiger partial charge on any atom is 0.319 e. The second kappa shape index (κ2) is 6.28. The van der Waals surface area contributed by atoms with Gasteiger partial charge in [-0.25, -0.2) is 4.79 Å². The summed E-state index contributed by atoms with van der Waals surface area (Å²) in [6.45, 7) is 1.65. The Labute approximate surface area is 122 Å². The summed E-state index contributed by atoms with van der Waals surface area (Å²) >= 11 is 3.43. The first kappa shape index (κ1) is 14.2. The fourth-order valence-corrected chi connectivity index (χ4v) is 2.54. The van der Waals surface area contributed by atoms with Crippen LogP contribution in [0.15, 0.2) is 28.7 Å². The number of carbonyl (C=O) groups is 1. The van der Waals surface area contributed by atoms with Gasteiger partial charge in [0.2, 0.25) is 0 Å². The topological polar surface area (TPSA) is 35.6 Å². The summed E-state index contributed by atoms with van der Waals surface area (Å²) in [4.78, 5) is 15.4. The number of likely N-dealkylation sites (tertiary alicyclic amines) is 1. The average Bonchev–Trinajstić information content (AvgIpc) is 2.41. The molecular formula is C14H20BrN3O. The number of piperidine rings is 1. The van der Waals surface area contributed by atoms with Gasteiger partial charge in [-0.3, -0.25) is 0 Å². The number of anilines is 1. The van der Waals surface area contributed by atoms with E-state index < -0.39 is 0 Å². The molecular weight excluding hydrogens is 306 g/mol. The van der Waals surface area contributed by atoms with E-state index in [0.717, 1.165) is 36.1 Å². The molecule has 1 saturated heterocycles. The molecule has 0 atom stereocenters. The highest BCUT2D eigenvalue weighted by Gasteiger charge is 2.23. The van der Waals surface area contributed by atoms with Gasteiger partial charge in [-0.1, -0.05) is 15.9 Å². The number of halogens is 1. The highest BCUT2D eigenvalue weighted by Crippen LogP contribution is 2.19. The summed E-state index contributed by atoms with van der Waals surface area (Å²) in [7, 11) is 3.60. The van der Waals surface area contributed by atoms with Crippen molar-refractivity contribution in [1.82, 2.24) is 9.80 Å². The summed E-state index contributed by atoms with van der Waals surface area (Å²) in [6, 6.07) is 8.78. The van der Waals surface area contributed by atoms with E-state index in [0.29, 0.717) is 6.04 Å². The first-order valence-corrected chi connectivity index (χ1v) is 7.34. The third kappa shape index (κ3) is 3.86. The number of nitrogens with one attached hydrogen (secondary N) is 1. The lowest BCUT2D eigenvalue weighted by Gasteiger charge is -2.34. The van der Waals surface area contributed by atoms with E-state index in [4.69, 9.17) is 0 Å². The monoisotopic (exact) mass is 325 g/mol. The maximum atomic E-state index is 11.8. The van der Waals surface area contributed by atoms with Crippen molar-refractivity contribution in [2.45, 2.75) is 18.9 Å². The van der Waals surface area contributed by atoms with Crippen molar-refractivity contribution in [2.75, 3.05) is 32.5 Å². The first-order chi connectivity index (χ1) is 9.06. The van der Waals surface area contributed by atoms with Gasteiger partial charge in [0.1, 0.15) is 0 Å². The Kier molecular flexibility index (Phi) is 4.69. The quantitative estimate of drug-likeness (QED) is 0.907. The lowest BCUT2D eigenvalue weighted by atomic mass is 10.0. The van der Waals surface area contributed by atoms with Gasteiger partial charge >= 0.3 is 6.03 Å². The molecule has 0 radical (unpaired) electrons. The van der Waals surface area contributed by atoms with E-state index in [-0.39, 0.29) is 6.03 Å². The lowest BCUT2D eigenvalue weighted by molar-refractivity contribution is 0.158. The number of hydrogen-bond acceptors (Lipinski definition) is 2. The Morgan fingerprint density at radius 2 is 1.84 bits per heavy atom. The van der Waals surface area contributed by atoms with Crippen LogP contribution >= 0.6 is 15.9 Å². The number of nitrogens with zero attached hydrogens (tertiary/aromatic N) is 2. The molecule has 1 N–H and O–H groups in total. The van der Waals surface area contributed by atoms with Crippen LogP contribution < -0.4 is 5.32 Å². The summed E-state index contributed by atoms with van der Waals surface area (Å²) in [5.74, 6) is 0. The molecule has 1 aliphatic heterocycles. The van der Waals surface area contributed by atoms with Crippen LogP contribution in [0.25, 0.3) is 0 Å². The molecule has 0 saturated carbocycles. The molecule has 1 aromatic carbocycles. The van der Waals surface area contributed by atoms with Crippen LogP contribution in [0.1, 0.15) is 12.8 Å². The molecule has 2 amide bonds. The molecule has 104 valence electrons. The van der Waals surface area contributed by atoms with Gasteiger partial charge < -0.3 is 15.1 Å². The second-order valence-corrected chi connectivity index (χ2v) is 6.01. The predicted octanol–water partition coefficient (Wildman–Crippen LogP) is 3.01. The summed E-state index contributed by atoms with van der Waals surface area (Å²) in [5.41, 5.74) is 1.14. The van der Waals surface area contributed by atoms with E-state index in [2.05, 4.69) is 33.4 Å². The third-order valence-corrected chi connectivity index (χ3v) is 3.89. The zero-order valence-electron chi connectivity index (χ0n) is 11.4. The van der Waals surface area contributed by atoms with Gasteiger partial charge in [0.05, 0.1) is 0 Å². The Hall–Kier alpha value is -1.23. The van der Waals surface area contributed by atoms with Crippen LogP contribution in [0, 0.1) is 0 Å². The third-order valence-electron chi connectivity index (χ3n) is 3.36. The molecule has 0 bridgehead atoms. The van der Waals surface area contributed by atoms with Crippen molar-refractivity contribution in [2.24, 2.45) is 0 Å². The number of urea groups is 1. The average molecular weight is 326 g/mol. The summed E-state index contributed by atoms with van der Waals surface area (Å²) in [5, 5.41) is 3.52. The molecule has 1 fully saturated rings. The van der Waals surface area contributed by atoms with Gasteiger partial charge in [0, 0.05) is 43.4 Å². The van der Waals surface area contributed by atoms with Crippen molar-refractivity contribution in [1.29, 1.82) is 0 Å². The highest BCUT2D eigenvalue weighted by molar-refractivity contribution is 9.10. The molecule has 19 heavy (non-hydrogen) atoms. The van der Waals surface area contributed by atoms with Crippen LogP contribution in [0.4, 0.5) is 10.5 Å². The molecule has 1 aliphatic rings. The van der Waals surface area contributed by atoms with Gasteiger partial charge in [0.25, 0.3) is 0 Å². The molecule has 2 rings (SSSR count). The Bertz CT molecular complexity index is 425. The predicted molar refractivity (Wildman–Crippen MR) is 81.4 cm³/mol. The van der Waals surface area contributed by atoms with Gasteiger partial charge in [0.15, 0.2) is 0 Å². The van der Waals surface area contributed by atoms with Crippen LogP contribution in [0.5, 0.6) is 0 Å². The number of amides is 2. The van der Waals surface area contributed by atoms with E-state index in [1.807, 2.05) is 17.0 Å². The fraction of sp³-hybridized carbons (Fsp3) is 0.500. The smallest absolute Gasteiger partial charge is 0.319 e. The minimum Gasteiger partial charge on any atom is -0.382 e. The Balaban J connectivity index is 1.83. The molecule has 4 nitrogen and oxygen atoms in total. The highest BCUT2D eigenvalue weighted by atomic mass is 79.9. The van der Waals surface area contributed by atoms with E-state index in [1.54, 1.807) is 19.0 Å². The maximum absolute atomic E-state index is 11.8. The molecule has 1 heterocycles. The van der Waals surface area contributed by atoms with E-state index in [1.165, 1.54) is 0 Å². The second-order valence-electron chi connectivity index (χ2n) is 5.09. The molecule has 0 aromatic heterocycles. The zero-order chi connectivity index (χ0) is 13.8. The summed E-state index contributed by atoms with van der Waals surface area (Å²) < 4.78 is 1.09. The van der Waals surface area contributed by atoms with Crippen LogP contribution in [-0.2, 0) is 0 Å². The Morgan fingerprint density at radius 3 is 2.37 bits per heavy atom. The molecule has 0 aliphatic carbocycles. The van der Waals surface area contributed by atoms with Gasteiger partial charge in [-0.15, -0.1) is 0 Å². The number of benzene rings is 1. The summed E-state index contributed by atoms with van der Waals surface area (Å²) in [6.07, 6.45) is 1.99. The van der Waals surface area contributed by atoms with Crippen molar-refractivity contribution in [3.8, 4) is 0 Å². The van der Waals surface area contributed by atoms with Crippen molar-refractivity contribution in [3.63, 3.8) is 0 Å². The van der Waals surface area contributed by atoms with Crippen LogP contribution in [-0.4, -0.2) is 49.1 Å². The lowest BCUT2D eigenvalue weighted by Crippen LogP contribution is -2.46. The van der Waals surface area contributed by atoms with Crippen molar-refractivity contribution in [3.05, 3.63) is 28.7 Å². The minimum absolute atomic E-state index is 0.113. The fourth-order valence-electron chi connectivity index (χ4n) is 2.28. The largest absolute Gasteiger partial charge is 0.382 e. The first-order valence-electron chi connectivity index (χ1n) is 6.54. The van der Waals surface area contributed by atoms with Crippen LogP contribution in [0.2, 0.25) is 0 Å². The number of rotatable bonds is 2. The minimum atomic E-state index is 0.113. The van der Waals surface area contributed by atoms with Crippen molar-refractivity contribution < 1.29 is 4.79 Å². The normalized spacial score (nSPS) is 16.3. The van der Waals surface area contributed by atoms with Gasteiger partial charge in [-0.2, -0.15) is 0 Å². The molecule has 0 unspecified atom stereocenters. The Morgan fingerprint density at radius 1 is 1.26 bits per heavy atom. The molecule has 5 heteroatoms.